The summed E-state index contributed by atoms with van der Waals surface area (Å²) < 4.78 is 8.84. The Morgan fingerprint density at radius 3 is 2.50 bits per heavy atom. The number of nitrogens with zero attached hydrogens (tertiary/aromatic N) is 4. The number of aryl methyl sites for hydroxylation is 1. The monoisotopic (exact) mass is 361 g/mol. The van der Waals surface area contributed by atoms with E-state index in [-0.39, 0.29) is 12.0 Å². The highest BCUT2D eigenvalue weighted by atomic mass is 16.6. The summed E-state index contributed by atoms with van der Waals surface area (Å²) in [7, 11) is 1.79. The van der Waals surface area contributed by atoms with Gasteiger partial charge in [0.05, 0.1) is 6.20 Å². The van der Waals surface area contributed by atoms with Crippen molar-refractivity contribution in [3.8, 4) is 5.82 Å². The molecule has 142 valence electrons. The van der Waals surface area contributed by atoms with Gasteiger partial charge in [0, 0.05) is 39.1 Å². The van der Waals surface area contributed by atoms with Gasteiger partial charge in [-0.2, -0.15) is 5.10 Å². The number of aromatic nitrogens is 3. The van der Waals surface area contributed by atoms with Crippen LogP contribution in [0.1, 0.15) is 38.1 Å². The van der Waals surface area contributed by atoms with Crippen LogP contribution in [0, 0.1) is 0 Å². The molecular formula is C18H27N5O3. The van der Waals surface area contributed by atoms with Crippen molar-refractivity contribution < 1.29 is 14.3 Å². The van der Waals surface area contributed by atoms with E-state index in [0.717, 1.165) is 0 Å². The third-order valence-corrected chi connectivity index (χ3v) is 3.70. The van der Waals surface area contributed by atoms with E-state index in [0.29, 0.717) is 31.0 Å². The lowest BCUT2D eigenvalue weighted by atomic mass is 10.2. The van der Waals surface area contributed by atoms with Crippen LogP contribution in [0.25, 0.3) is 5.82 Å². The second-order valence-electron chi connectivity index (χ2n) is 6.91. The van der Waals surface area contributed by atoms with Crippen molar-refractivity contribution in [2.24, 2.45) is 7.05 Å². The zero-order valence-electron chi connectivity index (χ0n) is 16.0. The van der Waals surface area contributed by atoms with Crippen LogP contribution in [-0.2, 0) is 11.8 Å². The predicted octanol–water partition coefficient (Wildman–Crippen LogP) is 2.20. The number of carbonyl (C=O) groups is 2. The summed E-state index contributed by atoms with van der Waals surface area (Å²) in [6, 6.07) is 3.77. The van der Waals surface area contributed by atoms with Crippen LogP contribution >= 0.6 is 0 Å². The topological polar surface area (TPSA) is 81.4 Å². The molecule has 0 aliphatic heterocycles. The molecule has 2 heterocycles. The second kappa shape index (κ2) is 8.07. The van der Waals surface area contributed by atoms with E-state index in [1.54, 1.807) is 16.6 Å². The maximum atomic E-state index is 12.5. The van der Waals surface area contributed by atoms with Gasteiger partial charge in [-0.25, -0.2) is 4.79 Å². The van der Waals surface area contributed by atoms with Crippen LogP contribution < -0.4 is 5.32 Å². The lowest BCUT2D eigenvalue weighted by Gasteiger charge is -2.26. The predicted molar refractivity (Wildman–Crippen MR) is 98.3 cm³/mol. The summed E-state index contributed by atoms with van der Waals surface area (Å²) in [6.07, 6.45) is 4.86. The molecule has 0 bridgehead atoms. The zero-order valence-corrected chi connectivity index (χ0v) is 16.0. The first kappa shape index (κ1) is 19.6. The Hall–Kier alpha value is -2.77. The molecule has 0 saturated heterocycles. The molecule has 0 atom stereocenters. The molecule has 2 rings (SSSR count). The number of rotatable bonds is 6. The fraction of sp³-hybridized carbons (Fsp3) is 0.500. The molecule has 8 heteroatoms. The van der Waals surface area contributed by atoms with Crippen LogP contribution in [0.5, 0.6) is 0 Å². The molecule has 0 radical (unpaired) electrons. The van der Waals surface area contributed by atoms with E-state index in [1.165, 1.54) is 6.20 Å². The maximum Gasteiger partial charge on any atom is 0.410 e. The molecule has 2 aromatic rings. The highest BCUT2D eigenvalue weighted by Crippen LogP contribution is 2.14. The van der Waals surface area contributed by atoms with Crippen molar-refractivity contribution in [3.05, 3.63) is 36.3 Å². The molecule has 2 amide bonds. The molecule has 0 unspecified atom stereocenters. The van der Waals surface area contributed by atoms with Crippen molar-refractivity contribution >= 4 is 12.0 Å². The second-order valence-corrected chi connectivity index (χ2v) is 6.91. The smallest absolute Gasteiger partial charge is 0.410 e. The first-order valence-electron chi connectivity index (χ1n) is 8.64. The van der Waals surface area contributed by atoms with Crippen molar-refractivity contribution in [2.45, 2.75) is 33.3 Å². The Balaban J connectivity index is 1.96. The molecule has 0 aliphatic rings. The highest BCUT2D eigenvalue weighted by molar-refractivity contribution is 5.97. The lowest BCUT2D eigenvalue weighted by molar-refractivity contribution is 0.0261. The van der Waals surface area contributed by atoms with Crippen molar-refractivity contribution in [1.29, 1.82) is 0 Å². The number of carbonyl (C=O) groups excluding carboxylic acids is 2. The Morgan fingerprint density at radius 1 is 1.27 bits per heavy atom. The van der Waals surface area contributed by atoms with Crippen LogP contribution in [0.4, 0.5) is 4.79 Å². The van der Waals surface area contributed by atoms with Gasteiger partial charge < -0.3 is 19.5 Å². The quantitative estimate of drug-likeness (QED) is 0.855. The van der Waals surface area contributed by atoms with Gasteiger partial charge in [0.1, 0.15) is 17.0 Å². The van der Waals surface area contributed by atoms with Gasteiger partial charge in [-0.05, 0) is 39.8 Å². The fourth-order valence-corrected chi connectivity index (χ4v) is 2.48. The van der Waals surface area contributed by atoms with Crippen LogP contribution in [0.2, 0.25) is 0 Å². The van der Waals surface area contributed by atoms with Crippen LogP contribution in [0.15, 0.2) is 30.7 Å². The van der Waals surface area contributed by atoms with Crippen LogP contribution in [0.3, 0.4) is 0 Å². The minimum atomic E-state index is -0.547. The minimum Gasteiger partial charge on any atom is -0.444 e. The number of hydrogen-bond acceptors (Lipinski definition) is 4. The standard InChI is InChI=1S/C18H27N5O3/c1-6-22(17(25)26-18(2,3)4)12-9-19-15(24)14-13-20-21(5)16(14)23-10-7-8-11-23/h7-8,10-11,13H,6,9,12H2,1-5H3,(H,19,24). The molecule has 1 N–H and O–H groups in total. The van der Waals surface area contributed by atoms with E-state index in [9.17, 15) is 9.59 Å². The number of likely N-dealkylation sites (N-methyl/N-ethyl adjacent to an activating group) is 1. The summed E-state index contributed by atoms with van der Waals surface area (Å²) in [5, 5.41) is 7.01. The molecule has 8 nitrogen and oxygen atoms in total. The van der Waals surface area contributed by atoms with E-state index >= 15 is 0 Å². The maximum absolute atomic E-state index is 12.5. The molecular weight excluding hydrogens is 334 g/mol. The number of amides is 2. The largest absolute Gasteiger partial charge is 0.444 e. The number of nitrogens with one attached hydrogen (secondary N) is 1. The average molecular weight is 361 g/mol. The van der Waals surface area contributed by atoms with E-state index in [4.69, 9.17) is 4.74 Å². The van der Waals surface area contributed by atoms with Gasteiger partial charge in [-0.3, -0.25) is 9.48 Å². The van der Waals surface area contributed by atoms with Gasteiger partial charge in [-0.1, -0.05) is 0 Å². The molecule has 0 spiro atoms. The van der Waals surface area contributed by atoms with Gasteiger partial charge in [0.25, 0.3) is 5.91 Å². The minimum absolute atomic E-state index is 0.234. The van der Waals surface area contributed by atoms with Gasteiger partial charge in [0.2, 0.25) is 0 Å². The Labute approximate surface area is 153 Å². The van der Waals surface area contributed by atoms with Crippen molar-refractivity contribution in [3.63, 3.8) is 0 Å². The number of ether oxygens (including phenoxy) is 1. The lowest BCUT2D eigenvalue weighted by Crippen LogP contribution is -2.41. The third kappa shape index (κ3) is 4.87. The summed E-state index contributed by atoms with van der Waals surface area (Å²) in [4.78, 5) is 26.2. The molecule has 2 aromatic heterocycles. The SMILES string of the molecule is CCN(CCNC(=O)c1cnn(C)c1-n1cccc1)C(=O)OC(C)(C)C. The van der Waals surface area contributed by atoms with Crippen LogP contribution in [-0.4, -0.2) is 56.5 Å². The first-order valence-corrected chi connectivity index (χ1v) is 8.64. The zero-order chi connectivity index (χ0) is 19.3. The molecule has 0 fully saturated rings. The Kier molecular flexibility index (Phi) is 6.07. The van der Waals surface area contributed by atoms with Crippen molar-refractivity contribution in [2.75, 3.05) is 19.6 Å². The van der Waals surface area contributed by atoms with Gasteiger partial charge >= 0.3 is 6.09 Å². The summed E-state index contributed by atoms with van der Waals surface area (Å²) in [5.74, 6) is 0.453. The molecule has 0 saturated carbocycles. The summed E-state index contributed by atoms with van der Waals surface area (Å²) in [5.41, 5.74) is -0.0706. The van der Waals surface area contributed by atoms with Gasteiger partial charge in [-0.15, -0.1) is 0 Å². The van der Waals surface area contributed by atoms with E-state index in [1.807, 2.05) is 56.8 Å². The summed E-state index contributed by atoms with van der Waals surface area (Å²) in [6.45, 7) is 8.55. The third-order valence-electron chi connectivity index (χ3n) is 3.70. The Morgan fingerprint density at radius 2 is 1.92 bits per heavy atom. The highest BCUT2D eigenvalue weighted by Gasteiger charge is 2.21. The molecule has 0 aliphatic carbocycles. The fourth-order valence-electron chi connectivity index (χ4n) is 2.48. The molecule has 0 aromatic carbocycles. The summed E-state index contributed by atoms with van der Waals surface area (Å²) >= 11 is 0. The van der Waals surface area contributed by atoms with Crippen molar-refractivity contribution in [1.82, 2.24) is 24.6 Å². The first-order chi connectivity index (χ1) is 12.2. The molecule has 26 heavy (non-hydrogen) atoms. The normalized spacial score (nSPS) is 11.3. The van der Waals surface area contributed by atoms with E-state index in [2.05, 4.69) is 10.4 Å². The number of hydrogen-bond donors (Lipinski definition) is 1. The van der Waals surface area contributed by atoms with Gasteiger partial charge in [0.15, 0.2) is 0 Å². The Bertz CT molecular complexity index is 743. The average Bonchev–Trinajstić information content (AvgIpc) is 3.18. The van der Waals surface area contributed by atoms with E-state index < -0.39 is 5.60 Å².